The number of amides is 2. The van der Waals surface area contributed by atoms with Crippen LogP contribution in [0.5, 0.6) is 5.75 Å². The highest BCUT2D eigenvalue weighted by Crippen LogP contribution is 2.38. The summed E-state index contributed by atoms with van der Waals surface area (Å²) in [7, 11) is 3.33. The van der Waals surface area contributed by atoms with Gasteiger partial charge in [0.15, 0.2) is 0 Å². The summed E-state index contributed by atoms with van der Waals surface area (Å²) >= 11 is 0. The Bertz CT molecular complexity index is 1270. The van der Waals surface area contributed by atoms with E-state index in [2.05, 4.69) is 11.4 Å². The monoisotopic (exact) mass is 457 g/mol. The molecule has 0 bridgehead atoms. The zero-order chi connectivity index (χ0) is 24.5. The summed E-state index contributed by atoms with van der Waals surface area (Å²) in [5, 5.41) is 3.74. The van der Waals surface area contributed by atoms with Crippen LogP contribution in [0.25, 0.3) is 22.6 Å². The molecule has 4 rings (SSSR count). The molecule has 0 atom stereocenters. The summed E-state index contributed by atoms with van der Waals surface area (Å²) in [4.78, 5) is 32.5. The normalized spacial score (nSPS) is 14.2. The van der Waals surface area contributed by atoms with Crippen molar-refractivity contribution < 1.29 is 14.3 Å². The summed E-state index contributed by atoms with van der Waals surface area (Å²) < 4.78 is 5.26. The third-order valence-corrected chi connectivity index (χ3v) is 5.85. The molecule has 176 valence electrons. The maximum absolute atomic E-state index is 13.6. The summed E-state index contributed by atoms with van der Waals surface area (Å²) in [5.41, 5.74) is 5.05. The average Bonchev–Trinajstić information content (AvgIpc) is 3.18. The van der Waals surface area contributed by atoms with Gasteiger partial charge in [-0.15, -0.1) is 0 Å². The Hall–Kier alpha value is -3.67. The van der Waals surface area contributed by atoms with Crippen molar-refractivity contribution >= 4 is 34.4 Å². The molecule has 0 fully saturated rings. The largest absolute Gasteiger partial charge is 0.497 e. The quantitative estimate of drug-likeness (QED) is 0.602. The van der Waals surface area contributed by atoms with Gasteiger partial charge in [0.2, 0.25) is 5.91 Å². The Morgan fingerprint density at radius 2 is 1.79 bits per heavy atom. The lowest BCUT2D eigenvalue weighted by atomic mass is 9.99. The van der Waals surface area contributed by atoms with Crippen molar-refractivity contribution in [3.63, 3.8) is 0 Å². The van der Waals surface area contributed by atoms with E-state index in [0.717, 1.165) is 51.9 Å². The van der Waals surface area contributed by atoms with Crippen LogP contribution in [-0.4, -0.2) is 47.9 Å². The molecule has 0 aliphatic heterocycles. The highest BCUT2D eigenvalue weighted by atomic mass is 16.5. The Labute approximate surface area is 200 Å². The van der Waals surface area contributed by atoms with Crippen LogP contribution in [-0.2, 0) is 11.2 Å². The molecule has 1 aliphatic rings. The van der Waals surface area contributed by atoms with Crippen LogP contribution in [0.4, 0.5) is 0 Å². The second kappa shape index (κ2) is 9.29. The number of para-hydroxylation sites is 1. The molecule has 2 aromatic carbocycles. The number of nitrogens with zero attached hydrogens (tertiary/aromatic N) is 2. The van der Waals surface area contributed by atoms with Gasteiger partial charge in [-0.2, -0.15) is 0 Å². The van der Waals surface area contributed by atoms with Crippen LogP contribution in [0.15, 0.2) is 48.5 Å². The highest BCUT2D eigenvalue weighted by molar-refractivity contribution is 6.10. The minimum Gasteiger partial charge on any atom is -0.497 e. The van der Waals surface area contributed by atoms with E-state index in [-0.39, 0.29) is 23.9 Å². The lowest BCUT2D eigenvalue weighted by Crippen LogP contribution is -2.46. The van der Waals surface area contributed by atoms with Gasteiger partial charge < -0.3 is 15.0 Å². The lowest BCUT2D eigenvalue weighted by Gasteiger charge is -2.24. The Kier molecular flexibility index (Phi) is 6.42. The molecule has 0 spiro atoms. The second-order valence-corrected chi connectivity index (χ2v) is 9.73. The third kappa shape index (κ3) is 4.96. The van der Waals surface area contributed by atoms with Crippen LogP contribution < -0.4 is 10.1 Å². The number of hydrogen-bond donors (Lipinski definition) is 1. The number of ether oxygens (including phenoxy) is 1. The number of rotatable bonds is 5. The van der Waals surface area contributed by atoms with Crippen molar-refractivity contribution in [2.24, 2.45) is 0 Å². The molecule has 0 saturated carbocycles. The molecule has 1 N–H and O–H groups in total. The fraction of sp³-hybridized carbons (Fsp3) is 0.321. The van der Waals surface area contributed by atoms with Crippen LogP contribution >= 0.6 is 0 Å². The number of pyridine rings is 1. The molecule has 6 nitrogen and oxygen atoms in total. The van der Waals surface area contributed by atoms with E-state index in [1.54, 1.807) is 14.2 Å². The minimum atomic E-state index is -0.354. The Morgan fingerprint density at radius 3 is 2.47 bits per heavy atom. The van der Waals surface area contributed by atoms with Crippen molar-refractivity contribution in [2.75, 3.05) is 20.7 Å². The fourth-order valence-electron chi connectivity index (χ4n) is 4.36. The van der Waals surface area contributed by atoms with Crippen molar-refractivity contribution in [2.45, 2.75) is 39.2 Å². The number of likely N-dealkylation sites (N-methyl/N-ethyl adjacent to an activating group) is 1. The predicted molar refractivity (Wildman–Crippen MR) is 136 cm³/mol. The number of fused-ring (bicyclic) bond motifs is 2. The first-order valence-corrected chi connectivity index (χ1v) is 11.5. The molecule has 1 heterocycles. The Morgan fingerprint density at radius 1 is 1.09 bits per heavy atom. The number of hydrogen-bond acceptors (Lipinski definition) is 4. The zero-order valence-electron chi connectivity index (χ0n) is 20.4. The SMILES string of the molecule is COc1ccc(/C=C2/CCc3c2nc2ccccc2c3C(=O)N(C)CC(=O)NC(C)(C)C)cc1. The summed E-state index contributed by atoms with van der Waals surface area (Å²) in [5.74, 6) is 0.465. The standard InChI is InChI=1S/C28H31N3O3/c1-28(2,3)30-24(32)17-31(4)27(33)25-21-8-6-7-9-23(21)29-26-19(12-15-22(25)26)16-18-10-13-20(34-5)14-11-18/h6-11,13-14,16H,12,15,17H2,1-5H3,(H,30,32)/b19-16-. The van der Waals surface area contributed by atoms with Gasteiger partial charge in [-0.25, -0.2) is 4.98 Å². The molecule has 0 unspecified atom stereocenters. The van der Waals surface area contributed by atoms with Gasteiger partial charge in [0.25, 0.3) is 5.91 Å². The number of carbonyl (C=O) groups excluding carboxylic acids is 2. The average molecular weight is 458 g/mol. The van der Waals surface area contributed by atoms with Crippen molar-refractivity contribution in [3.05, 3.63) is 70.9 Å². The maximum Gasteiger partial charge on any atom is 0.255 e. The number of benzene rings is 2. The van der Waals surface area contributed by atoms with Crippen molar-refractivity contribution in [3.8, 4) is 5.75 Å². The molecule has 0 radical (unpaired) electrons. The van der Waals surface area contributed by atoms with Gasteiger partial charge in [0.05, 0.1) is 30.4 Å². The van der Waals surface area contributed by atoms with Gasteiger partial charge in [-0.05, 0) is 74.6 Å². The molecule has 34 heavy (non-hydrogen) atoms. The second-order valence-electron chi connectivity index (χ2n) is 9.73. The van der Waals surface area contributed by atoms with Gasteiger partial charge in [-0.1, -0.05) is 30.3 Å². The van der Waals surface area contributed by atoms with Crippen molar-refractivity contribution in [1.82, 2.24) is 15.2 Å². The number of nitrogens with one attached hydrogen (secondary N) is 1. The van der Waals surface area contributed by atoms with E-state index in [4.69, 9.17) is 9.72 Å². The van der Waals surface area contributed by atoms with Gasteiger partial charge >= 0.3 is 0 Å². The van der Waals surface area contributed by atoms with Gasteiger partial charge in [0.1, 0.15) is 5.75 Å². The summed E-state index contributed by atoms with van der Waals surface area (Å²) in [6, 6.07) is 15.6. The molecule has 0 saturated heterocycles. The van der Waals surface area contributed by atoms with E-state index < -0.39 is 0 Å². The van der Waals surface area contributed by atoms with Crippen LogP contribution in [0, 0.1) is 0 Å². The molecular weight excluding hydrogens is 426 g/mol. The lowest BCUT2D eigenvalue weighted by molar-refractivity contribution is -0.122. The van der Waals surface area contributed by atoms with E-state index in [1.807, 2.05) is 69.3 Å². The molecular formula is C28H31N3O3. The Balaban J connectivity index is 1.72. The number of carbonyl (C=O) groups is 2. The molecule has 2 amide bonds. The highest BCUT2D eigenvalue weighted by Gasteiger charge is 2.29. The van der Waals surface area contributed by atoms with Crippen molar-refractivity contribution in [1.29, 1.82) is 0 Å². The molecule has 1 aliphatic carbocycles. The smallest absolute Gasteiger partial charge is 0.255 e. The van der Waals surface area contributed by atoms with E-state index in [9.17, 15) is 9.59 Å². The molecule has 6 heteroatoms. The van der Waals surface area contributed by atoms with Gasteiger partial charge in [-0.3, -0.25) is 9.59 Å². The maximum atomic E-state index is 13.6. The van der Waals surface area contributed by atoms with Crippen LogP contribution in [0.2, 0.25) is 0 Å². The predicted octanol–water partition coefficient (Wildman–Crippen LogP) is 4.72. The van der Waals surface area contributed by atoms with Crippen LogP contribution in [0.1, 0.15) is 54.4 Å². The number of aromatic nitrogens is 1. The number of methoxy groups -OCH3 is 1. The zero-order valence-corrected chi connectivity index (χ0v) is 20.4. The first-order valence-electron chi connectivity index (χ1n) is 11.5. The van der Waals surface area contributed by atoms with Gasteiger partial charge in [0, 0.05) is 18.0 Å². The minimum absolute atomic E-state index is 0.00390. The number of allylic oxidation sites excluding steroid dienone is 1. The topological polar surface area (TPSA) is 71.5 Å². The first kappa shape index (κ1) is 23.5. The van der Waals surface area contributed by atoms with E-state index >= 15 is 0 Å². The fourth-order valence-corrected chi connectivity index (χ4v) is 4.36. The molecule has 1 aromatic heterocycles. The van der Waals surface area contributed by atoms with Crippen LogP contribution in [0.3, 0.4) is 0 Å². The summed E-state index contributed by atoms with van der Waals surface area (Å²) in [6.07, 6.45) is 3.67. The first-order chi connectivity index (χ1) is 16.2. The van der Waals surface area contributed by atoms with E-state index in [0.29, 0.717) is 5.56 Å². The van der Waals surface area contributed by atoms with E-state index in [1.165, 1.54) is 4.90 Å². The summed E-state index contributed by atoms with van der Waals surface area (Å²) in [6.45, 7) is 5.77. The molecule has 3 aromatic rings. The third-order valence-electron chi connectivity index (χ3n) is 5.85.